The minimum absolute atomic E-state index is 0.162. The van der Waals surface area contributed by atoms with Crippen LogP contribution in [0.2, 0.25) is 0 Å². The number of aromatic nitrogens is 4. The average Bonchev–Trinajstić information content (AvgIpc) is 4.00. The van der Waals surface area contributed by atoms with Gasteiger partial charge in [0, 0.05) is 58.4 Å². The molecule has 0 amide bonds. The van der Waals surface area contributed by atoms with Gasteiger partial charge in [0.15, 0.2) is 17.5 Å². The Kier molecular flexibility index (Phi) is 6.00. The molecule has 0 spiro atoms. The summed E-state index contributed by atoms with van der Waals surface area (Å²) in [4.78, 5) is 15.9. The van der Waals surface area contributed by atoms with E-state index >= 15 is 0 Å². The second kappa shape index (κ2) is 12.6. The smallest absolute Gasteiger partial charge is 0.166 e. The highest BCUT2D eigenvalue weighted by Crippen LogP contribution is 2.42. The number of rotatable bonds is 5. The maximum absolute atomic E-state index is 8.71. The third kappa shape index (κ3) is 4.98. The molecule has 0 aliphatic rings. The molecule has 0 bridgehead atoms. The summed E-state index contributed by atoms with van der Waals surface area (Å²) in [5.74, 6) is 1.55. The summed E-state index contributed by atoms with van der Waals surface area (Å²) in [7, 11) is 0. The lowest BCUT2D eigenvalue weighted by molar-refractivity contribution is 0.669. The molecule has 8 aromatic carbocycles. The standard InChI is InChI=1S/C51H30N4OS/c1-2-14-31(15-3-1)32-28-29-43-40(30-32)33-16-4-8-23-41(33)55(43)42-24-9-5-18-36(42)49-52-50(38-21-13-26-45-47(38)37-19-6-10-25-44(37)56-45)54-51(53-49)39-22-12-20-35-34-17-7-11-27-46(34)57-48(35)39/h1-30H/i1D,2D,3D,14D,15D. The minimum Gasteiger partial charge on any atom is -0.456 e. The predicted octanol–water partition coefficient (Wildman–Crippen LogP) is 13.9. The third-order valence-electron chi connectivity index (χ3n) is 10.8. The number of hydrogen-bond donors (Lipinski definition) is 0. The van der Waals surface area contributed by atoms with Crippen molar-refractivity contribution >= 4 is 75.3 Å². The van der Waals surface area contributed by atoms with Gasteiger partial charge in [-0.15, -0.1) is 11.3 Å². The Morgan fingerprint density at radius 3 is 2.00 bits per heavy atom. The molecule has 0 atom stereocenters. The second-order valence-corrected chi connectivity index (χ2v) is 15.0. The SMILES string of the molecule is [2H]c1c([2H])c([2H])c(-c2ccc3c(c2)c2ccccc2n3-c2ccccc2-c2nc(-c3cccc4c3sc3ccccc34)nc(-c3cccc4oc5ccccc5c34)n2)c([2H])c1[2H]. The van der Waals surface area contributed by atoms with E-state index in [1.807, 2.05) is 91.0 Å². The number of furan rings is 1. The Balaban J connectivity index is 1.12. The lowest BCUT2D eigenvalue weighted by atomic mass is 10.0. The Labute approximate surface area is 337 Å². The highest BCUT2D eigenvalue weighted by atomic mass is 32.1. The lowest BCUT2D eigenvalue weighted by Crippen LogP contribution is -2.03. The van der Waals surface area contributed by atoms with Gasteiger partial charge in [0.2, 0.25) is 0 Å². The van der Waals surface area contributed by atoms with Crippen molar-refractivity contribution in [1.82, 2.24) is 19.5 Å². The van der Waals surface area contributed by atoms with Gasteiger partial charge in [-0.05, 0) is 65.7 Å². The third-order valence-corrected chi connectivity index (χ3v) is 12.0. The zero-order valence-electron chi connectivity index (χ0n) is 35.0. The molecule has 0 radical (unpaired) electrons. The summed E-state index contributed by atoms with van der Waals surface area (Å²) in [6.45, 7) is 0. The molecule has 57 heavy (non-hydrogen) atoms. The topological polar surface area (TPSA) is 56.7 Å². The molecule has 6 heteroatoms. The Morgan fingerprint density at radius 2 is 1.11 bits per heavy atom. The maximum atomic E-state index is 8.71. The number of hydrogen-bond acceptors (Lipinski definition) is 5. The number of nitrogens with zero attached hydrogens (tertiary/aromatic N) is 4. The highest BCUT2D eigenvalue weighted by Gasteiger charge is 2.22. The fourth-order valence-corrected chi connectivity index (χ4v) is 9.47. The molecule has 266 valence electrons. The first-order chi connectivity index (χ1) is 30.3. The lowest BCUT2D eigenvalue weighted by Gasteiger charge is -2.15. The van der Waals surface area contributed by atoms with Crippen LogP contribution >= 0.6 is 11.3 Å². The van der Waals surface area contributed by atoms with Crippen LogP contribution in [0.3, 0.4) is 0 Å². The zero-order valence-corrected chi connectivity index (χ0v) is 30.9. The second-order valence-electron chi connectivity index (χ2n) is 14.0. The van der Waals surface area contributed by atoms with Crippen molar-refractivity contribution < 1.29 is 11.3 Å². The molecule has 4 heterocycles. The van der Waals surface area contributed by atoms with Crippen LogP contribution in [0.4, 0.5) is 0 Å². The molecule has 4 aromatic heterocycles. The Hall–Kier alpha value is -7.41. The Morgan fingerprint density at radius 1 is 0.474 bits per heavy atom. The first-order valence-electron chi connectivity index (χ1n) is 21.1. The van der Waals surface area contributed by atoms with Crippen LogP contribution in [0.15, 0.2) is 186 Å². The van der Waals surface area contributed by atoms with E-state index in [4.69, 9.17) is 26.2 Å². The van der Waals surface area contributed by atoms with Crippen molar-refractivity contribution in [3.63, 3.8) is 0 Å². The van der Waals surface area contributed by atoms with E-state index in [2.05, 4.69) is 65.2 Å². The molecule has 12 aromatic rings. The van der Waals surface area contributed by atoms with Gasteiger partial charge in [-0.1, -0.05) is 127 Å². The predicted molar refractivity (Wildman–Crippen MR) is 236 cm³/mol. The fourth-order valence-electron chi connectivity index (χ4n) is 8.26. The number of fused-ring (bicyclic) bond motifs is 9. The maximum Gasteiger partial charge on any atom is 0.166 e. The summed E-state index contributed by atoms with van der Waals surface area (Å²) in [6.07, 6.45) is 0. The summed E-state index contributed by atoms with van der Waals surface area (Å²) in [5.41, 5.74) is 7.37. The molecule has 0 aliphatic carbocycles. The normalized spacial score (nSPS) is 13.1. The van der Waals surface area contributed by atoms with E-state index in [9.17, 15) is 0 Å². The van der Waals surface area contributed by atoms with Crippen molar-refractivity contribution in [2.75, 3.05) is 0 Å². The van der Waals surface area contributed by atoms with Crippen LogP contribution < -0.4 is 0 Å². The van der Waals surface area contributed by atoms with Crippen molar-refractivity contribution in [3.05, 3.63) is 182 Å². The van der Waals surface area contributed by atoms with E-state index in [0.717, 1.165) is 76.2 Å². The molecule has 0 saturated carbocycles. The van der Waals surface area contributed by atoms with Crippen molar-refractivity contribution in [2.45, 2.75) is 0 Å². The summed E-state index contributed by atoms with van der Waals surface area (Å²) >= 11 is 1.73. The molecule has 0 saturated heterocycles. The molecule has 5 nitrogen and oxygen atoms in total. The first-order valence-corrected chi connectivity index (χ1v) is 19.4. The van der Waals surface area contributed by atoms with Crippen molar-refractivity contribution in [3.8, 4) is 51.0 Å². The van der Waals surface area contributed by atoms with Crippen LogP contribution in [0.5, 0.6) is 0 Å². The average molecular weight is 752 g/mol. The largest absolute Gasteiger partial charge is 0.456 e. The first kappa shape index (κ1) is 27.2. The van der Waals surface area contributed by atoms with Crippen LogP contribution in [0.25, 0.3) is 115 Å². The summed E-state index contributed by atoms with van der Waals surface area (Å²) < 4.78 is 53.1. The van der Waals surface area contributed by atoms with Crippen LogP contribution in [-0.2, 0) is 0 Å². The monoisotopic (exact) mass is 751 g/mol. The van der Waals surface area contributed by atoms with Crippen molar-refractivity contribution in [2.24, 2.45) is 0 Å². The van der Waals surface area contributed by atoms with Crippen molar-refractivity contribution in [1.29, 1.82) is 0 Å². The zero-order chi connectivity index (χ0) is 41.8. The van der Waals surface area contributed by atoms with Gasteiger partial charge in [-0.3, -0.25) is 0 Å². The molecule has 0 fully saturated rings. The van der Waals surface area contributed by atoms with Gasteiger partial charge >= 0.3 is 0 Å². The molecule has 0 aliphatic heterocycles. The number of para-hydroxylation sites is 3. The fraction of sp³-hybridized carbons (Fsp3) is 0. The molecule has 0 unspecified atom stereocenters. The van der Waals surface area contributed by atoms with Gasteiger partial charge in [0.1, 0.15) is 11.2 Å². The number of benzene rings is 8. The van der Waals surface area contributed by atoms with Crippen LogP contribution in [0, 0.1) is 0 Å². The van der Waals surface area contributed by atoms with E-state index in [1.54, 1.807) is 11.3 Å². The number of thiophene rings is 1. The highest BCUT2D eigenvalue weighted by molar-refractivity contribution is 7.26. The van der Waals surface area contributed by atoms with Gasteiger partial charge in [-0.25, -0.2) is 15.0 Å². The summed E-state index contributed by atoms with van der Waals surface area (Å²) in [5, 5.41) is 6.04. The van der Waals surface area contributed by atoms with Crippen LogP contribution in [0.1, 0.15) is 6.85 Å². The van der Waals surface area contributed by atoms with Crippen LogP contribution in [-0.4, -0.2) is 19.5 Å². The quantitative estimate of drug-likeness (QED) is 0.176. The van der Waals surface area contributed by atoms with Gasteiger partial charge in [-0.2, -0.15) is 0 Å². The van der Waals surface area contributed by atoms with Gasteiger partial charge < -0.3 is 8.98 Å². The molecular formula is C51H30N4OS. The molecule has 0 N–H and O–H groups in total. The minimum atomic E-state index is -0.419. The molecule has 12 rings (SSSR count). The van der Waals surface area contributed by atoms with E-state index in [-0.39, 0.29) is 29.7 Å². The van der Waals surface area contributed by atoms with E-state index in [1.165, 1.54) is 10.1 Å². The van der Waals surface area contributed by atoms with E-state index < -0.39 is 6.04 Å². The van der Waals surface area contributed by atoms with Gasteiger partial charge in [0.05, 0.1) is 23.6 Å². The van der Waals surface area contributed by atoms with Gasteiger partial charge in [0.25, 0.3) is 0 Å². The summed E-state index contributed by atoms with van der Waals surface area (Å²) in [6, 6.07) is 49.0. The Bertz CT molecular complexity index is 3820. The molecular weight excluding hydrogens is 717 g/mol. The van der Waals surface area contributed by atoms with E-state index in [0.29, 0.717) is 23.0 Å².